The molecule has 4 aromatic rings. The Morgan fingerprint density at radius 2 is 2.03 bits per heavy atom. The van der Waals surface area contributed by atoms with Crippen LogP contribution in [0.25, 0.3) is 5.69 Å². The van der Waals surface area contributed by atoms with Gasteiger partial charge in [0, 0.05) is 54.3 Å². The van der Waals surface area contributed by atoms with Gasteiger partial charge < -0.3 is 10.2 Å². The van der Waals surface area contributed by atoms with E-state index in [1.165, 1.54) is 29.9 Å². The lowest BCUT2D eigenvalue weighted by molar-refractivity contribution is 0.0950. The van der Waals surface area contributed by atoms with Crippen molar-refractivity contribution in [2.45, 2.75) is 39.8 Å². The van der Waals surface area contributed by atoms with Crippen LogP contribution in [0.1, 0.15) is 45.7 Å². The molecule has 2 fully saturated rings. The van der Waals surface area contributed by atoms with Gasteiger partial charge in [-0.15, -0.1) is 5.10 Å². The second-order valence-electron chi connectivity index (χ2n) is 9.76. The fraction of sp³-hybridized carbons (Fsp3) is 0.375. The molecule has 1 amide bonds. The van der Waals surface area contributed by atoms with E-state index in [2.05, 4.69) is 40.8 Å². The average Bonchev–Trinajstić information content (AvgIpc) is 3.31. The molecule has 0 radical (unpaired) electrons. The SMILES string of the molecule is Cc1nc(N2CC3(CC3)C2)ncc1Cn1cc(C(=O)NCc2c(-n3cnnn3)ccc(Cl)c2F)c(C)n1. The Morgan fingerprint density at radius 1 is 1.22 bits per heavy atom. The second-order valence-corrected chi connectivity index (χ2v) is 10.2. The number of aromatic nitrogens is 8. The summed E-state index contributed by atoms with van der Waals surface area (Å²) in [5.74, 6) is -0.266. The van der Waals surface area contributed by atoms with Gasteiger partial charge in [0.05, 0.1) is 28.5 Å². The maximum atomic E-state index is 14.8. The molecular weight excluding hydrogens is 499 g/mol. The van der Waals surface area contributed by atoms with Crippen molar-refractivity contribution in [2.75, 3.05) is 18.0 Å². The Balaban J connectivity index is 1.15. The van der Waals surface area contributed by atoms with E-state index in [1.54, 1.807) is 23.9 Å². The van der Waals surface area contributed by atoms with Crippen LogP contribution in [-0.4, -0.2) is 59.0 Å². The van der Waals surface area contributed by atoms with E-state index in [0.717, 1.165) is 30.3 Å². The van der Waals surface area contributed by atoms with Crippen molar-refractivity contribution >= 4 is 23.5 Å². The summed E-state index contributed by atoms with van der Waals surface area (Å²) in [7, 11) is 0. The van der Waals surface area contributed by atoms with E-state index < -0.39 is 5.82 Å². The fourth-order valence-corrected chi connectivity index (χ4v) is 4.86. The van der Waals surface area contributed by atoms with Gasteiger partial charge in [0.1, 0.15) is 12.1 Å². The highest BCUT2D eigenvalue weighted by atomic mass is 35.5. The summed E-state index contributed by atoms with van der Waals surface area (Å²) >= 11 is 5.98. The first-order valence-electron chi connectivity index (χ1n) is 11.9. The van der Waals surface area contributed by atoms with Crippen LogP contribution in [0.15, 0.2) is 30.9 Å². The van der Waals surface area contributed by atoms with Gasteiger partial charge in [-0.1, -0.05) is 11.6 Å². The van der Waals surface area contributed by atoms with Crippen LogP contribution in [0, 0.1) is 25.1 Å². The van der Waals surface area contributed by atoms with Crippen LogP contribution in [0.2, 0.25) is 5.02 Å². The first-order chi connectivity index (χ1) is 17.8. The third kappa shape index (κ3) is 4.41. The number of amides is 1. The fourth-order valence-electron chi connectivity index (χ4n) is 4.68. The number of hydrogen-bond acceptors (Lipinski definition) is 8. The molecule has 13 heteroatoms. The van der Waals surface area contributed by atoms with Gasteiger partial charge in [0.2, 0.25) is 5.95 Å². The minimum absolute atomic E-state index is 0.0603. The molecule has 3 aromatic heterocycles. The van der Waals surface area contributed by atoms with Gasteiger partial charge in [0.15, 0.2) is 0 Å². The molecule has 1 saturated heterocycles. The van der Waals surface area contributed by atoms with Crippen LogP contribution >= 0.6 is 11.6 Å². The van der Waals surface area contributed by atoms with Crippen molar-refractivity contribution in [3.05, 3.63) is 69.8 Å². The van der Waals surface area contributed by atoms with E-state index >= 15 is 0 Å². The molecule has 1 spiro atoms. The number of anilines is 1. The molecule has 1 aliphatic heterocycles. The highest BCUT2D eigenvalue weighted by Gasteiger charge is 2.53. The molecule has 1 aliphatic carbocycles. The number of benzene rings is 1. The number of halogens is 2. The Bertz CT molecular complexity index is 1490. The normalized spacial score (nSPS) is 15.6. The number of rotatable bonds is 7. The third-order valence-electron chi connectivity index (χ3n) is 7.08. The smallest absolute Gasteiger partial charge is 0.255 e. The summed E-state index contributed by atoms with van der Waals surface area (Å²) in [5.41, 5.74) is 3.82. The minimum atomic E-state index is -0.646. The molecule has 1 N–H and O–H groups in total. The predicted molar refractivity (Wildman–Crippen MR) is 132 cm³/mol. The second kappa shape index (κ2) is 8.87. The van der Waals surface area contributed by atoms with Gasteiger partial charge >= 0.3 is 0 Å². The quantitative estimate of drug-likeness (QED) is 0.393. The summed E-state index contributed by atoms with van der Waals surface area (Å²) in [6.45, 7) is 6.10. The Labute approximate surface area is 216 Å². The van der Waals surface area contributed by atoms with Crippen LogP contribution in [-0.2, 0) is 13.1 Å². The first-order valence-corrected chi connectivity index (χ1v) is 12.3. The molecule has 1 aromatic carbocycles. The Morgan fingerprint density at radius 3 is 2.73 bits per heavy atom. The van der Waals surface area contributed by atoms with Crippen molar-refractivity contribution in [1.29, 1.82) is 0 Å². The van der Waals surface area contributed by atoms with Crippen molar-refractivity contribution in [3.8, 4) is 5.69 Å². The van der Waals surface area contributed by atoms with Crippen LogP contribution < -0.4 is 10.2 Å². The van der Waals surface area contributed by atoms with Crippen LogP contribution in [0.3, 0.4) is 0 Å². The van der Waals surface area contributed by atoms with Gasteiger partial charge in [-0.25, -0.2) is 19.0 Å². The third-order valence-corrected chi connectivity index (χ3v) is 7.37. The number of carbonyl (C=O) groups is 1. The zero-order valence-electron chi connectivity index (χ0n) is 20.3. The predicted octanol–water partition coefficient (Wildman–Crippen LogP) is 2.64. The summed E-state index contributed by atoms with van der Waals surface area (Å²) in [6.07, 6.45) is 7.45. The molecular formula is C24H24ClFN10O. The molecule has 0 bridgehead atoms. The minimum Gasteiger partial charge on any atom is -0.348 e. The van der Waals surface area contributed by atoms with Gasteiger partial charge in [-0.3, -0.25) is 9.48 Å². The molecule has 0 atom stereocenters. The number of carbonyl (C=O) groups excluding carboxylic acids is 1. The van der Waals surface area contributed by atoms with E-state index in [0.29, 0.717) is 28.9 Å². The highest BCUT2D eigenvalue weighted by molar-refractivity contribution is 6.30. The zero-order valence-corrected chi connectivity index (χ0v) is 21.1. The van der Waals surface area contributed by atoms with E-state index in [4.69, 9.17) is 11.6 Å². The largest absolute Gasteiger partial charge is 0.348 e. The number of nitrogens with one attached hydrogen (secondary N) is 1. The molecule has 0 unspecified atom stereocenters. The maximum Gasteiger partial charge on any atom is 0.255 e. The molecule has 4 heterocycles. The number of aryl methyl sites for hydroxylation is 2. The lowest BCUT2D eigenvalue weighted by Crippen LogP contribution is -2.49. The topological polar surface area (TPSA) is 120 Å². The van der Waals surface area contributed by atoms with Crippen molar-refractivity contribution < 1.29 is 9.18 Å². The van der Waals surface area contributed by atoms with Crippen molar-refractivity contribution in [3.63, 3.8) is 0 Å². The highest BCUT2D eigenvalue weighted by Crippen LogP contribution is 2.53. The Hall–Kier alpha value is -3.93. The zero-order chi connectivity index (χ0) is 25.7. The van der Waals surface area contributed by atoms with Gasteiger partial charge in [-0.05, 0) is 49.2 Å². The van der Waals surface area contributed by atoms with Crippen LogP contribution in [0.4, 0.5) is 10.3 Å². The standard InChI is InChI=1S/C24H24ClFN10O/c1-14-16(7-28-23(30-14)34-11-24(12-34)5-6-24)9-35-10-18(15(2)31-35)22(37)27-8-17-20(36-13-29-32-33-36)4-3-19(25)21(17)26/h3-4,7,10,13H,5-6,8-9,11-12H2,1-2H3,(H,27,37). The molecule has 37 heavy (non-hydrogen) atoms. The van der Waals surface area contributed by atoms with Crippen molar-refractivity contribution in [1.82, 2.24) is 45.3 Å². The van der Waals surface area contributed by atoms with E-state index in [1.807, 2.05) is 13.1 Å². The summed E-state index contributed by atoms with van der Waals surface area (Å²) in [5, 5.41) is 18.2. The summed E-state index contributed by atoms with van der Waals surface area (Å²) in [4.78, 5) is 24.4. The van der Waals surface area contributed by atoms with Gasteiger partial charge in [-0.2, -0.15) is 5.10 Å². The monoisotopic (exact) mass is 522 g/mol. The summed E-state index contributed by atoms with van der Waals surface area (Å²) in [6, 6.07) is 3.01. The lowest BCUT2D eigenvalue weighted by Gasteiger charge is -2.40. The van der Waals surface area contributed by atoms with Crippen molar-refractivity contribution in [2.24, 2.45) is 5.41 Å². The number of tetrazole rings is 1. The Kier molecular flexibility index (Phi) is 5.63. The number of hydrogen-bond donors (Lipinski definition) is 1. The lowest BCUT2D eigenvalue weighted by atomic mass is 9.98. The molecule has 190 valence electrons. The van der Waals surface area contributed by atoms with E-state index in [-0.39, 0.29) is 23.0 Å². The molecule has 1 saturated carbocycles. The molecule has 6 rings (SSSR count). The maximum absolute atomic E-state index is 14.8. The van der Waals surface area contributed by atoms with Crippen LogP contribution in [0.5, 0.6) is 0 Å². The average molecular weight is 523 g/mol. The number of nitrogens with zero attached hydrogens (tertiary/aromatic N) is 9. The summed E-state index contributed by atoms with van der Waals surface area (Å²) < 4.78 is 17.8. The molecule has 2 aliphatic rings. The first kappa shape index (κ1) is 23.5. The molecule has 11 nitrogen and oxygen atoms in total. The van der Waals surface area contributed by atoms with Gasteiger partial charge in [0.25, 0.3) is 5.91 Å². The van der Waals surface area contributed by atoms with E-state index in [9.17, 15) is 9.18 Å².